The monoisotopic (exact) mass is 414 g/mol. The van der Waals surface area contributed by atoms with E-state index in [-0.39, 0.29) is 12.8 Å². The second-order valence-corrected chi connectivity index (χ2v) is 7.04. The van der Waals surface area contributed by atoms with Crippen LogP contribution in [0.3, 0.4) is 0 Å². The van der Waals surface area contributed by atoms with Crippen molar-refractivity contribution in [3.8, 4) is 0 Å². The van der Waals surface area contributed by atoms with E-state index in [4.69, 9.17) is 9.47 Å². The molecular formula is C19H20F2O8. The van der Waals surface area contributed by atoms with Crippen LogP contribution in [0.15, 0.2) is 35.1 Å². The summed E-state index contributed by atoms with van der Waals surface area (Å²) in [6.07, 6.45) is -4.08. The molecule has 2 N–H and O–H groups in total. The molecule has 0 radical (unpaired) electrons. The number of methoxy groups -OCH3 is 1. The fourth-order valence-electron chi connectivity index (χ4n) is 3.32. The molecule has 29 heavy (non-hydrogen) atoms. The van der Waals surface area contributed by atoms with Crippen molar-refractivity contribution < 1.29 is 47.6 Å². The molecule has 3 rings (SSSR count). The van der Waals surface area contributed by atoms with E-state index >= 15 is 0 Å². The van der Waals surface area contributed by atoms with Crippen molar-refractivity contribution in [1.82, 2.24) is 0 Å². The number of hydrogen-bond acceptors (Lipinski definition) is 8. The number of aliphatic hydroxyl groups excluding tert-OH is 2. The molecule has 158 valence electrons. The first-order valence-electron chi connectivity index (χ1n) is 8.93. The molecular weight excluding hydrogens is 394 g/mol. The van der Waals surface area contributed by atoms with Gasteiger partial charge in [-0.25, -0.2) is 4.79 Å². The molecule has 0 aromatic carbocycles. The largest absolute Gasteiger partial charge is 0.494 e. The van der Waals surface area contributed by atoms with Gasteiger partial charge in [0.1, 0.15) is 23.9 Å². The van der Waals surface area contributed by atoms with E-state index < -0.39 is 70.9 Å². The zero-order chi connectivity index (χ0) is 21.5. The van der Waals surface area contributed by atoms with E-state index in [0.29, 0.717) is 6.08 Å². The van der Waals surface area contributed by atoms with Crippen LogP contribution in [0, 0.1) is 0 Å². The summed E-state index contributed by atoms with van der Waals surface area (Å²) in [5.74, 6) is -7.80. The summed E-state index contributed by atoms with van der Waals surface area (Å²) >= 11 is 0. The number of carbonyl (C=O) groups excluding carboxylic acids is 3. The van der Waals surface area contributed by atoms with Gasteiger partial charge in [0.05, 0.1) is 24.9 Å². The summed E-state index contributed by atoms with van der Waals surface area (Å²) in [4.78, 5) is 36.8. The van der Waals surface area contributed by atoms with Crippen LogP contribution in [0.4, 0.5) is 8.78 Å². The third-order valence-electron chi connectivity index (χ3n) is 4.90. The van der Waals surface area contributed by atoms with E-state index in [0.717, 1.165) is 13.2 Å². The number of hydrogen-bond donors (Lipinski definition) is 2. The van der Waals surface area contributed by atoms with Crippen molar-refractivity contribution in [3.05, 3.63) is 35.1 Å². The van der Waals surface area contributed by atoms with E-state index in [1.54, 1.807) is 0 Å². The molecule has 0 unspecified atom stereocenters. The van der Waals surface area contributed by atoms with E-state index in [2.05, 4.69) is 4.74 Å². The molecule has 0 spiro atoms. The van der Waals surface area contributed by atoms with Gasteiger partial charge in [0, 0.05) is 18.9 Å². The topological polar surface area (TPSA) is 123 Å². The third kappa shape index (κ3) is 4.00. The Kier molecular flexibility index (Phi) is 5.70. The summed E-state index contributed by atoms with van der Waals surface area (Å²) in [5.41, 5.74) is -1.76. The number of carbonyl (C=O) groups is 3. The second-order valence-electron chi connectivity index (χ2n) is 7.04. The highest BCUT2D eigenvalue weighted by molar-refractivity contribution is 6.23. The Hall–Kier alpha value is -2.43. The van der Waals surface area contributed by atoms with Gasteiger partial charge in [-0.2, -0.15) is 8.78 Å². The summed E-state index contributed by atoms with van der Waals surface area (Å²) in [6.45, 7) is 1.45. The molecule has 2 heterocycles. The maximum Gasteiger partial charge on any atom is 0.342 e. The zero-order valence-corrected chi connectivity index (χ0v) is 15.6. The Bertz CT molecular complexity index is 828. The number of ketones is 2. The van der Waals surface area contributed by atoms with Gasteiger partial charge in [-0.15, -0.1) is 0 Å². The lowest BCUT2D eigenvalue weighted by Crippen LogP contribution is -2.38. The normalized spacial score (nSPS) is 36.3. The van der Waals surface area contributed by atoms with Gasteiger partial charge < -0.3 is 24.4 Å². The predicted molar refractivity (Wildman–Crippen MR) is 91.7 cm³/mol. The number of allylic oxidation sites excluding steroid dienone is 2. The first-order valence-corrected chi connectivity index (χ1v) is 8.93. The van der Waals surface area contributed by atoms with Gasteiger partial charge in [-0.3, -0.25) is 9.59 Å². The van der Waals surface area contributed by atoms with Crippen LogP contribution in [0.2, 0.25) is 0 Å². The highest BCUT2D eigenvalue weighted by Crippen LogP contribution is 2.48. The third-order valence-corrected chi connectivity index (χ3v) is 4.90. The quantitative estimate of drug-likeness (QED) is 0.359. The van der Waals surface area contributed by atoms with Crippen LogP contribution in [-0.4, -0.2) is 71.3 Å². The van der Waals surface area contributed by atoms with Crippen LogP contribution < -0.4 is 0 Å². The Morgan fingerprint density at radius 2 is 1.93 bits per heavy atom. The summed E-state index contributed by atoms with van der Waals surface area (Å²) in [5, 5.41) is 20.0. The molecule has 1 saturated heterocycles. The number of rotatable bonds is 1. The standard InChI is InChI=1S/C19H20F2O8/c1-8-4-3-5-9(22)16(25)11(24)6-12-17(29-12)15-14(18(26)28-8)10(23)7-13(27-2)19(15,20)21/h3,5,7-8,11-12,16-17,24-25H,4,6H2,1-2H3/b5-3-/t8-,11-,12+,16+,17-/m0/s1. The van der Waals surface area contributed by atoms with Gasteiger partial charge in [-0.1, -0.05) is 6.08 Å². The number of ether oxygens (including phenoxy) is 3. The molecule has 8 nitrogen and oxygen atoms in total. The number of fused-ring (bicyclic) bond motifs is 2. The minimum absolute atomic E-state index is 0.0230. The van der Waals surface area contributed by atoms with Crippen molar-refractivity contribution in [1.29, 1.82) is 0 Å². The molecule has 3 aliphatic rings. The summed E-state index contributed by atoms with van der Waals surface area (Å²) in [7, 11) is 0.964. The Morgan fingerprint density at radius 1 is 1.24 bits per heavy atom. The minimum Gasteiger partial charge on any atom is -0.494 e. The number of esters is 1. The second kappa shape index (κ2) is 7.77. The maximum absolute atomic E-state index is 15.0. The van der Waals surface area contributed by atoms with Crippen LogP contribution in [0.5, 0.6) is 0 Å². The van der Waals surface area contributed by atoms with Gasteiger partial charge in [0.25, 0.3) is 0 Å². The van der Waals surface area contributed by atoms with Crippen molar-refractivity contribution in [2.24, 2.45) is 0 Å². The lowest BCUT2D eigenvalue weighted by atomic mass is 9.87. The molecule has 1 aliphatic carbocycles. The van der Waals surface area contributed by atoms with Crippen LogP contribution in [0.1, 0.15) is 19.8 Å². The fraction of sp³-hybridized carbons (Fsp3) is 0.526. The van der Waals surface area contributed by atoms with Gasteiger partial charge in [0.2, 0.25) is 0 Å². The molecule has 1 fully saturated rings. The summed E-state index contributed by atoms with van der Waals surface area (Å²) < 4.78 is 44.8. The molecule has 10 heteroatoms. The molecule has 0 saturated carbocycles. The highest BCUT2D eigenvalue weighted by atomic mass is 19.3. The van der Waals surface area contributed by atoms with E-state index in [9.17, 15) is 33.4 Å². The Morgan fingerprint density at radius 3 is 2.59 bits per heavy atom. The molecule has 0 aromatic heterocycles. The zero-order valence-electron chi connectivity index (χ0n) is 15.6. The minimum atomic E-state index is -3.82. The molecule has 0 amide bonds. The first kappa shape index (κ1) is 21.3. The summed E-state index contributed by atoms with van der Waals surface area (Å²) in [6, 6.07) is 0. The first-order chi connectivity index (χ1) is 13.6. The van der Waals surface area contributed by atoms with Gasteiger partial charge in [-0.05, 0) is 13.0 Å². The highest BCUT2D eigenvalue weighted by Gasteiger charge is 2.59. The predicted octanol–water partition coefficient (Wildman–Crippen LogP) is 0.371. The molecule has 2 aliphatic heterocycles. The molecule has 5 atom stereocenters. The van der Waals surface area contributed by atoms with E-state index in [1.807, 2.05) is 0 Å². The lowest BCUT2D eigenvalue weighted by Gasteiger charge is -2.27. The van der Waals surface area contributed by atoms with Crippen molar-refractivity contribution >= 4 is 17.5 Å². The average molecular weight is 414 g/mol. The Balaban J connectivity index is 2.03. The smallest absolute Gasteiger partial charge is 0.342 e. The number of alkyl halides is 2. The molecule has 0 aromatic rings. The number of aliphatic hydroxyl groups is 2. The molecule has 0 bridgehead atoms. The lowest BCUT2D eigenvalue weighted by molar-refractivity contribution is -0.144. The van der Waals surface area contributed by atoms with Crippen LogP contribution in [0.25, 0.3) is 0 Å². The van der Waals surface area contributed by atoms with Crippen molar-refractivity contribution in [3.63, 3.8) is 0 Å². The average Bonchev–Trinajstić information content (AvgIpc) is 3.39. The van der Waals surface area contributed by atoms with E-state index in [1.165, 1.54) is 13.0 Å². The van der Waals surface area contributed by atoms with Gasteiger partial charge >= 0.3 is 11.9 Å². The number of halogens is 2. The SMILES string of the molecule is COC1=CC(=O)C2=C([C@H]3O[C@@H]3C[C@H](O)[C@H](O)C(=O)/C=C\C[C@H](C)OC2=O)C1(F)F. The maximum atomic E-state index is 15.0. The number of cyclic esters (lactones) is 1. The van der Waals surface area contributed by atoms with Crippen molar-refractivity contribution in [2.75, 3.05) is 7.11 Å². The Labute approximate surface area is 164 Å². The number of epoxide rings is 1. The van der Waals surface area contributed by atoms with Gasteiger partial charge in [0.15, 0.2) is 17.3 Å². The fourth-order valence-corrected chi connectivity index (χ4v) is 3.32. The van der Waals surface area contributed by atoms with Crippen LogP contribution in [-0.2, 0) is 28.6 Å². The van der Waals surface area contributed by atoms with Crippen molar-refractivity contribution in [2.45, 2.75) is 56.2 Å². The van der Waals surface area contributed by atoms with Crippen LogP contribution >= 0.6 is 0 Å².